The number of fused-ring (bicyclic) bond motifs is 24. The Bertz CT molecular complexity index is 7540. The third-order valence-corrected chi connectivity index (χ3v) is 27.3. The maximum atomic E-state index is 2.49. The molecule has 0 heterocycles. The Morgan fingerprint density at radius 2 is 0.359 bits per heavy atom. The van der Waals surface area contributed by atoms with Gasteiger partial charge in [-0.3, -0.25) is 0 Å². The van der Waals surface area contributed by atoms with Gasteiger partial charge in [0.2, 0.25) is 0 Å². The van der Waals surface area contributed by atoms with Crippen molar-refractivity contribution >= 4 is 68.2 Å². The molecule has 0 saturated heterocycles. The first-order valence-electron chi connectivity index (χ1n) is 44.4. The second-order valence-corrected chi connectivity index (χ2v) is 34.2. The zero-order valence-electron chi connectivity index (χ0n) is 71.0. The van der Waals surface area contributed by atoms with E-state index in [1.54, 1.807) is 0 Å². The van der Waals surface area contributed by atoms with Gasteiger partial charge in [0.05, 0.1) is 22.2 Å². The van der Waals surface area contributed by atoms with Crippen LogP contribution in [-0.4, -0.2) is 0 Å². The molecular formula is C124H86N4. The largest absolute Gasteiger partial charge is 0.311 e. The third-order valence-electron chi connectivity index (χ3n) is 27.3. The van der Waals surface area contributed by atoms with Crippen molar-refractivity contribution in [2.75, 3.05) is 19.6 Å². The van der Waals surface area contributed by atoms with E-state index in [0.717, 1.165) is 90.5 Å². The summed E-state index contributed by atoms with van der Waals surface area (Å²) in [6.07, 6.45) is 0. The van der Waals surface area contributed by atoms with Crippen LogP contribution in [0.1, 0.15) is 55.6 Å². The van der Waals surface area contributed by atoms with Gasteiger partial charge in [0.25, 0.3) is 0 Å². The number of anilines is 12. The molecule has 1 atom stereocenters. The number of hydrogen-bond donors (Lipinski definition) is 0. The highest BCUT2D eigenvalue weighted by Crippen LogP contribution is 2.67. The summed E-state index contributed by atoms with van der Waals surface area (Å²) in [5, 5.41) is 0. The van der Waals surface area contributed by atoms with E-state index in [9.17, 15) is 0 Å². The number of aryl methyl sites for hydroxylation is 2. The smallest absolute Gasteiger partial charge is 0.0726 e. The molecule has 1 unspecified atom stereocenters. The summed E-state index contributed by atoms with van der Waals surface area (Å²) in [6.45, 7) is 4.30. The molecule has 20 aromatic rings. The van der Waals surface area contributed by atoms with Crippen LogP contribution >= 0.6 is 0 Å². The standard InChI is InChI=1S/C124H86N4/c1-83-52-63-92(64-53-83)126(93-65-54-84(2)55-66-93)96-75-79-100(80-76-96)128(98-71-58-88(59-72-98)86-30-8-4-9-31-86)120-51-27-49-118-122(120)109-41-19-25-47-116(109)124(118)113-44-22-16-38-106(113)103-81-62-90(82-110(103)107-39-17-23-45-114(107)124)89-60-67-94(68-61-89)125(91-32-10-5-11-33-91)95-73-77-99(78-74-95)127(97-69-56-87(57-70-97)85-28-6-3-7-29-85)119-50-26-48-117-121(119)108-40-18-24-46-115(108)123(117)111-42-20-14-36-104(111)101-34-12-13-35-102(101)105-37-15-21-43-112(105)123/h3-82H,1-2H3. The maximum absolute atomic E-state index is 2.49. The number of benzene rings is 20. The molecule has 0 saturated carbocycles. The zero-order valence-corrected chi connectivity index (χ0v) is 71.0. The minimum absolute atomic E-state index is 0.648. The molecule has 0 aliphatic heterocycles. The van der Waals surface area contributed by atoms with E-state index >= 15 is 0 Å². The first-order chi connectivity index (χ1) is 63.3. The van der Waals surface area contributed by atoms with Crippen molar-refractivity contribution in [2.45, 2.75) is 24.7 Å². The molecule has 20 aromatic carbocycles. The van der Waals surface area contributed by atoms with E-state index in [1.165, 1.54) is 134 Å². The lowest BCUT2D eigenvalue weighted by molar-refractivity contribution is 0.775. The molecule has 602 valence electrons. The predicted octanol–water partition coefficient (Wildman–Crippen LogP) is 33.2. The van der Waals surface area contributed by atoms with E-state index in [0.29, 0.717) is 0 Å². The Balaban J connectivity index is 0.610. The number of rotatable bonds is 15. The number of para-hydroxylation sites is 1. The van der Waals surface area contributed by atoms with Crippen molar-refractivity contribution < 1.29 is 0 Å². The van der Waals surface area contributed by atoms with Gasteiger partial charge < -0.3 is 19.6 Å². The van der Waals surface area contributed by atoms with E-state index in [-0.39, 0.29) is 0 Å². The van der Waals surface area contributed by atoms with Crippen LogP contribution in [0.25, 0.3) is 100 Å². The van der Waals surface area contributed by atoms with E-state index in [1.807, 2.05) is 0 Å². The van der Waals surface area contributed by atoms with Gasteiger partial charge in [-0.1, -0.05) is 357 Å². The van der Waals surface area contributed by atoms with Crippen molar-refractivity contribution in [3.63, 3.8) is 0 Å². The van der Waals surface area contributed by atoms with Crippen LogP contribution in [0.15, 0.2) is 485 Å². The highest BCUT2D eigenvalue weighted by Gasteiger charge is 2.53. The molecule has 0 aromatic heterocycles. The molecule has 4 nitrogen and oxygen atoms in total. The Hall–Kier alpha value is -16.4. The van der Waals surface area contributed by atoms with Crippen LogP contribution in [0, 0.1) is 13.8 Å². The Morgan fingerprint density at radius 3 is 0.703 bits per heavy atom. The lowest BCUT2D eigenvalue weighted by Crippen LogP contribution is -2.29. The molecule has 0 radical (unpaired) electrons. The molecule has 4 aliphatic carbocycles. The Kier molecular flexibility index (Phi) is 18.1. The minimum Gasteiger partial charge on any atom is -0.311 e. The van der Waals surface area contributed by atoms with Crippen molar-refractivity contribution in [3.8, 4) is 100 Å². The normalized spacial score (nSPS) is 13.5. The van der Waals surface area contributed by atoms with Crippen LogP contribution in [-0.2, 0) is 10.8 Å². The summed E-state index contributed by atoms with van der Waals surface area (Å²) in [4.78, 5) is 9.74. The lowest BCUT2D eigenvalue weighted by Gasteiger charge is -2.35. The Morgan fingerprint density at radius 1 is 0.141 bits per heavy atom. The van der Waals surface area contributed by atoms with Crippen molar-refractivity contribution in [2.24, 2.45) is 0 Å². The third kappa shape index (κ3) is 12.0. The van der Waals surface area contributed by atoms with Gasteiger partial charge in [-0.15, -0.1) is 0 Å². The lowest BCUT2D eigenvalue weighted by atomic mass is 9.66. The van der Waals surface area contributed by atoms with Crippen LogP contribution in [0.4, 0.5) is 68.2 Å². The van der Waals surface area contributed by atoms with Gasteiger partial charge in [0, 0.05) is 68.0 Å². The first kappa shape index (κ1) is 75.4. The fraction of sp³-hybridized carbons (Fsp3) is 0.0323. The SMILES string of the molecule is Cc1ccc(N(c2ccc(C)cc2)c2ccc(N(c3ccc(-c4ccccc4)cc3)c3cccc4c3-c3ccccc3C43c4ccccc4-c4ccc(-c5ccc(N(c6ccccc6)c6ccc(N(c7ccc(-c8ccccc8)cc7)c7cccc8c7-c7ccccc7C87c8ccccc8-c8ccccc8-c8ccccc87)cc6)cc5)cc4-c4ccccc43)cc2)cc1. The minimum atomic E-state index is -0.739. The van der Waals surface area contributed by atoms with Crippen LogP contribution in [0.5, 0.6) is 0 Å². The molecule has 0 amide bonds. The topological polar surface area (TPSA) is 13.0 Å². The summed E-state index contributed by atoms with van der Waals surface area (Å²) >= 11 is 0. The van der Waals surface area contributed by atoms with Crippen LogP contribution < -0.4 is 19.6 Å². The predicted molar refractivity (Wildman–Crippen MR) is 534 cm³/mol. The fourth-order valence-corrected chi connectivity index (χ4v) is 21.6. The molecular weight excluding hydrogens is 1550 g/mol. The van der Waals surface area contributed by atoms with Gasteiger partial charge in [-0.2, -0.15) is 0 Å². The van der Waals surface area contributed by atoms with Crippen molar-refractivity contribution in [3.05, 3.63) is 541 Å². The first-order valence-corrected chi connectivity index (χ1v) is 44.4. The van der Waals surface area contributed by atoms with Gasteiger partial charge in [-0.05, 0) is 287 Å². The second-order valence-electron chi connectivity index (χ2n) is 34.2. The summed E-state index contributed by atoms with van der Waals surface area (Å²) in [6, 6.07) is 181. The summed E-state index contributed by atoms with van der Waals surface area (Å²) in [5.74, 6) is 0. The molecule has 0 N–H and O–H groups in total. The van der Waals surface area contributed by atoms with E-state index < -0.39 is 10.8 Å². The fourth-order valence-electron chi connectivity index (χ4n) is 21.6. The van der Waals surface area contributed by atoms with Crippen LogP contribution in [0.3, 0.4) is 0 Å². The summed E-state index contributed by atoms with van der Waals surface area (Å²) < 4.78 is 0. The summed E-state index contributed by atoms with van der Waals surface area (Å²) in [5.41, 5.74) is 45.6. The highest BCUT2D eigenvalue weighted by molar-refractivity contribution is 6.05. The van der Waals surface area contributed by atoms with Gasteiger partial charge in [-0.25, -0.2) is 0 Å². The molecule has 24 rings (SSSR count). The molecule has 4 aliphatic rings. The number of hydrogen-bond acceptors (Lipinski definition) is 4. The highest BCUT2D eigenvalue weighted by atomic mass is 15.2. The van der Waals surface area contributed by atoms with Gasteiger partial charge in [0.15, 0.2) is 0 Å². The molecule has 2 spiro atoms. The monoisotopic (exact) mass is 1630 g/mol. The van der Waals surface area contributed by atoms with Crippen molar-refractivity contribution in [1.82, 2.24) is 0 Å². The Labute approximate surface area is 748 Å². The average Bonchev–Trinajstić information content (AvgIpc) is 1.52. The van der Waals surface area contributed by atoms with Crippen LogP contribution in [0.2, 0.25) is 0 Å². The number of nitrogens with zero attached hydrogens (tertiary/aromatic N) is 4. The molecule has 4 heteroatoms. The van der Waals surface area contributed by atoms with Gasteiger partial charge >= 0.3 is 0 Å². The second kappa shape index (κ2) is 30.8. The van der Waals surface area contributed by atoms with Gasteiger partial charge in [0.1, 0.15) is 0 Å². The summed E-state index contributed by atoms with van der Waals surface area (Å²) in [7, 11) is 0. The van der Waals surface area contributed by atoms with E-state index in [2.05, 4.69) is 519 Å². The van der Waals surface area contributed by atoms with E-state index in [4.69, 9.17) is 0 Å². The quantitative estimate of drug-likeness (QED) is 0.101. The zero-order chi connectivity index (χ0) is 85.0. The maximum Gasteiger partial charge on any atom is 0.0726 e. The van der Waals surface area contributed by atoms with Crippen molar-refractivity contribution in [1.29, 1.82) is 0 Å². The molecule has 128 heavy (non-hydrogen) atoms. The molecule has 0 bridgehead atoms. The average molecular weight is 1630 g/mol. The molecule has 0 fully saturated rings.